The van der Waals surface area contributed by atoms with Crippen LogP contribution in [-0.4, -0.2) is 29.9 Å². The normalized spacial score (nSPS) is 19.2. The summed E-state index contributed by atoms with van der Waals surface area (Å²) in [6, 6.07) is 8.62. The van der Waals surface area contributed by atoms with Crippen LogP contribution in [0.25, 0.3) is 0 Å². The highest BCUT2D eigenvalue weighted by molar-refractivity contribution is 5.83. The molecule has 1 aliphatic rings. The molecule has 3 heteroatoms. The van der Waals surface area contributed by atoms with Crippen LogP contribution in [0.15, 0.2) is 24.3 Å². The molecule has 0 aliphatic carbocycles. The van der Waals surface area contributed by atoms with Crippen molar-refractivity contribution >= 4 is 5.91 Å². The SMILES string of the molecule is CCCNC1CCN(Cc2ccc(CC)cc2)C1=O. The number of rotatable bonds is 6. The molecule has 1 N–H and O–H groups in total. The molecule has 0 saturated carbocycles. The Morgan fingerprint density at radius 2 is 1.89 bits per heavy atom. The second kappa shape index (κ2) is 6.71. The van der Waals surface area contributed by atoms with Gasteiger partial charge in [-0.1, -0.05) is 38.1 Å². The van der Waals surface area contributed by atoms with Crippen molar-refractivity contribution in [2.24, 2.45) is 0 Å². The van der Waals surface area contributed by atoms with Crippen molar-refractivity contribution in [1.29, 1.82) is 0 Å². The number of carbonyl (C=O) groups is 1. The van der Waals surface area contributed by atoms with Crippen molar-refractivity contribution in [2.75, 3.05) is 13.1 Å². The number of aryl methyl sites for hydroxylation is 1. The molecule has 104 valence electrons. The van der Waals surface area contributed by atoms with E-state index in [1.165, 1.54) is 11.1 Å². The first-order valence-corrected chi connectivity index (χ1v) is 7.34. The number of likely N-dealkylation sites (tertiary alicyclic amines) is 1. The molecule has 1 saturated heterocycles. The van der Waals surface area contributed by atoms with E-state index in [2.05, 4.69) is 43.4 Å². The van der Waals surface area contributed by atoms with Gasteiger partial charge in [0.05, 0.1) is 6.04 Å². The van der Waals surface area contributed by atoms with Crippen LogP contribution in [0, 0.1) is 0 Å². The van der Waals surface area contributed by atoms with Crippen LogP contribution in [0.1, 0.15) is 37.8 Å². The average Bonchev–Trinajstić information content (AvgIpc) is 2.78. The van der Waals surface area contributed by atoms with Gasteiger partial charge < -0.3 is 10.2 Å². The lowest BCUT2D eigenvalue weighted by molar-refractivity contribution is -0.129. The van der Waals surface area contributed by atoms with Crippen LogP contribution in [0.5, 0.6) is 0 Å². The minimum Gasteiger partial charge on any atom is -0.337 e. The van der Waals surface area contributed by atoms with Gasteiger partial charge in [0.15, 0.2) is 0 Å². The Morgan fingerprint density at radius 3 is 2.53 bits per heavy atom. The van der Waals surface area contributed by atoms with Gasteiger partial charge in [0.1, 0.15) is 0 Å². The largest absolute Gasteiger partial charge is 0.337 e. The van der Waals surface area contributed by atoms with Gasteiger partial charge in [0.25, 0.3) is 0 Å². The van der Waals surface area contributed by atoms with Crippen molar-refractivity contribution in [2.45, 2.75) is 45.7 Å². The Labute approximate surface area is 116 Å². The van der Waals surface area contributed by atoms with Gasteiger partial charge in [-0.2, -0.15) is 0 Å². The molecule has 1 aliphatic heterocycles. The van der Waals surface area contributed by atoms with Gasteiger partial charge in [0, 0.05) is 13.1 Å². The average molecular weight is 260 g/mol. The highest BCUT2D eigenvalue weighted by Gasteiger charge is 2.30. The summed E-state index contributed by atoms with van der Waals surface area (Å²) in [7, 11) is 0. The molecule has 1 atom stereocenters. The fourth-order valence-electron chi connectivity index (χ4n) is 2.50. The van der Waals surface area contributed by atoms with E-state index < -0.39 is 0 Å². The summed E-state index contributed by atoms with van der Waals surface area (Å²) >= 11 is 0. The topological polar surface area (TPSA) is 32.3 Å². The van der Waals surface area contributed by atoms with Gasteiger partial charge in [-0.15, -0.1) is 0 Å². The van der Waals surface area contributed by atoms with Gasteiger partial charge >= 0.3 is 0 Å². The third-order valence-corrected chi connectivity index (χ3v) is 3.74. The molecule has 1 aromatic rings. The van der Waals surface area contributed by atoms with Crippen molar-refractivity contribution in [3.05, 3.63) is 35.4 Å². The van der Waals surface area contributed by atoms with Gasteiger partial charge in [-0.3, -0.25) is 4.79 Å². The summed E-state index contributed by atoms with van der Waals surface area (Å²) in [6.45, 7) is 6.82. The van der Waals surface area contributed by atoms with Crippen LogP contribution in [-0.2, 0) is 17.8 Å². The van der Waals surface area contributed by atoms with Crippen LogP contribution < -0.4 is 5.32 Å². The predicted molar refractivity (Wildman–Crippen MR) is 77.9 cm³/mol. The van der Waals surface area contributed by atoms with Crippen molar-refractivity contribution in [1.82, 2.24) is 10.2 Å². The Bertz CT molecular complexity index is 413. The van der Waals surface area contributed by atoms with Crippen LogP contribution in [0.4, 0.5) is 0 Å². The Kier molecular flexibility index (Phi) is 4.97. The number of nitrogens with one attached hydrogen (secondary N) is 1. The van der Waals surface area contributed by atoms with Gasteiger partial charge in [-0.05, 0) is 36.9 Å². The monoisotopic (exact) mass is 260 g/mol. The Balaban J connectivity index is 1.90. The first kappa shape index (κ1) is 14.1. The molecule has 2 rings (SSSR count). The molecule has 3 nitrogen and oxygen atoms in total. The zero-order chi connectivity index (χ0) is 13.7. The molecule has 1 heterocycles. The van der Waals surface area contributed by atoms with E-state index in [9.17, 15) is 4.79 Å². The van der Waals surface area contributed by atoms with Crippen LogP contribution in [0.3, 0.4) is 0 Å². The molecule has 1 unspecified atom stereocenters. The highest BCUT2D eigenvalue weighted by Crippen LogP contribution is 2.15. The highest BCUT2D eigenvalue weighted by atomic mass is 16.2. The third kappa shape index (κ3) is 3.57. The number of benzene rings is 1. The molecule has 19 heavy (non-hydrogen) atoms. The fraction of sp³-hybridized carbons (Fsp3) is 0.562. The van der Waals surface area contributed by atoms with Crippen molar-refractivity contribution in [3.63, 3.8) is 0 Å². The summed E-state index contributed by atoms with van der Waals surface area (Å²) in [5.41, 5.74) is 2.57. The number of carbonyl (C=O) groups excluding carboxylic acids is 1. The van der Waals surface area contributed by atoms with E-state index in [1.54, 1.807) is 0 Å². The smallest absolute Gasteiger partial charge is 0.240 e. The predicted octanol–water partition coefficient (Wildman–Crippen LogP) is 2.35. The third-order valence-electron chi connectivity index (χ3n) is 3.74. The van der Waals surface area contributed by atoms with Crippen LogP contribution >= 0.6 is 0 Å². The van der Waals surface area contributed by atoms with Gasteiger partial charge in [0.2, 0.25) is 5.91 Å². The standard InChI is InChI=1S/C16H24N2O/c1-3-10-17-15-9-11-18(16(15)19)12-14-7-5-13(4-2)6-8-14/h5-8,15,17H,3-4,9-12H2,1-2H3. The quantitative estimate of drug-likeness (QED) is 0.851. The fourth-order valence-corrected chi connectivity index (χ4v) is 2.50. The molecular weight excluding hydrogens is 236 g/mol. The second-order valence-electron chi connectivity index (χ2n) is 5.23. The molecule has 0 aromatic heterocycles. The van der Waals surface area contributed by atoms with Crippen LogP contribution in [0.2, 0.25) is 0 Å². The molecule has 1 amide bonds. The zero-order valence-corrected chi connectivity index (χ0v) is 12.0. The molecule has 0 radical (unpaired) electrons. The number of nitrogens with zero attached hydrogens (tertiary/aromatic N) is 1. The second-order valence-corrected chi connectivity index (χ2v) is 5.23. The van der Waals surface area contributed by atoms with E-state index in [1.807, 2.05) is 4.90 Å². The van der Waals surface area contributed by atoms with E-state index in [4.69, 9.17) is 0 Å². The van der Waals surface area contributed by atoms with Crippen molar-refractivity contribution < 1.29 is 4.79 Å². The zero-order valence-electron chi connectivity index (χ0n) is 12.0. The molecular formula is C16H24N2O. The number of hydrogen-bond acceptors (Lipinski definition) is 2. The summed E-state index contributed by atoms with van der Waals surface area (Å²) in [4.78, 5) is 14.2. The minimum absolute atomic E-state index is 0.0369. The summed E-state index contributed by atoms with van der Waals surface area (Å²) < 4.78 is 0. The lowest BCUT2D eigenvalue weighted by Gasteiger charge is -2.17. The number of amides is 1. The van der Waals surface area contributed by atoms with Crippen molar-refractivity contribution in [3.8, 4) is 0 Å². The minimum atomic E-state index is 0.0369. The van der Waals surface area contributed by atoms with E-state index >= 15 is 0 Å². The first-order valence-electron chi connectivity index (χ1n) is 7.34. The molecule has 0 spiro atoms. The first-order chi connectivity index (χ1) is 9.24. The summed E-state index contributed by atoms with van der Waals surface area (Å²) in [5, 5.41) is 3.32. The Morgan fingerprint density at radius 1 is 1.21 bits per heavy atom. The summed E-state index contributed by atoms with van der Waals surface area (Å²) in [6.07, 6.45) is 3.07. The van der Waals surface area contributed by atoms with E-state index in [0.717, 1.165) is 38.9 Å². The maximum atomic E-state index is 12.2. The molecule has 0 bridgehead atoms. The molecule has 1 fully saturated rings. The van der Waals surface area contributed by atoms with Gasteiger partial charge in [-0.25, -0.2) is 0 Å². The Hall–Kier alpha value is -1.35. The molecule has 1 aromatic carbocycles. The maximum Gasteiger partial charge on any atom is 0.240 e. The lowest BCUT2D eigenvalue weighted by Crippen LogP contribution is -2.38. The van der Waals surface area contributed by atoms with E-state index in [0.29, 0.717) is 0 Å². The lowest BCUT2D eigenvalue weighted by atomic mass is 10.1. The maximum absolute atomic E-state index is 12.2. The summed E-state index contributed by atoms with van der Waals surface area (Å²) in [5.74, 6) is 0.257. The number of hydrogen-bond donors (Lipinski definition) is 1. The van der Waals surface area contributed by atoms with E-state index in [-0.39, 0.29) is 11.9 Å².